The molecule has 0 saturated heterocycles. The molecule has 0 unspecified atom stereocenters. The molecule has 3 rings (SSSR count). The molecule has 0 saturated carbocycles. The van der Waals surface area contributed by atoms with Crippen LogP contribution >= 0.6 is 11.3 Å². The Morgan fingerprint density at radius 2 is 2.15 bits per heavy atom. The van der Waals surface area contributed by atoms with Crippen molar-refractivity contribution < 1.29 is 9.66 Å². The molecule has 20 heavy (non-hydrogen) atoms. The highest BCUT2D eigenvalue weighted by atomic mass is 32.1. The normalized spacial score (nSPS) is 10.7. The molecular weight excluding hydrogens is 280 g/mol. The average molecular weight is 290 g/mol. The average Bonchev–Trinajstić information content (AvgIpc) is 2.99. The summed E-state index contributed by atoms with van der Waals surface area (Å²) in [6.07, 6.45) is 1.60. The Morgan fingerprint density at radius 1 is 1.40 bits per heavy atom. The quantitative estimate of drug-likeness (QED) is 0.589. The van der Waals surface area contributed by atoms with Crippen LogP contribution in [0.1, 0.15) is 0 Å². The predicted octanol–water partition coefficient (Wildman–Crippen LogP) is 3.14. The first-order valence-electron chi connectivity index (χ1n) is 5.74. The largest absolute Gasteiger partial charge is 0.433 e. The maximum absolute atomic E-state index is 11.1. The third-order valence-electron chi connectivity index (χ3n) is 2.74. The van der Waals surface area contributed by atoms with Gasteiger partial charge in [0.05, 0.1) is 0 Å². The van der Waals surface area contributed by atoms with E-state index in [-0.39, 0.29) is 11.7 Å². The van der Waals surface area contributed by atoms with E-state index in [4.69, 9.17) is 4.74 Å². The molecule has 1 N–H and O–H groups in total. The lowest BCUT2D eigenvalue weighted by atomic mass is 10.3. The molecule has 0 amide bonds. The summed E-state index contributed by atoms with van der Waals surface area (Å²) in [7, 11) is 1.81. The number of nitrogens with zero attached hydrogens (tertiary/aromatic N) is 3. The Balaban J connectivity index is 1.98. The number of fused-ring (bicyclic) bond motifs is 1. The molecule has 0 aliphatic carbocycles. The van der Waals surface area contributed by atoms with E-state index in [1.54, 1.807) is 23.7 Å². The van der Waals surface area contributed by atoms with Gasteiger partial charge in [-0.3, -0.25) is 0 Å². The number of hydrogen-bond acceptors (Lipinski definition) is 6. The lowest BCUT2D eigenvalue weighted by Gasteiger charge is -2.04. The molecule has 0 aliphatic rings. The standard InChI is InChI=1S/C12H10N4O3S/c1-13-8-2-4-9(5-3-8)19-10-11(16(17)18)15-6-7-20-12(15)14-10/h2-7,13H,1H3. The molecule has 8 heteroatoms. The fourth-order valence-corrected chi connectivity index (χ4v) is 2.49. The maximum atomic E-state index is 11.1. The van der Waals surface area contributed by atoms with Crippen molar-refractivity contribution in [1.29, 1.82) is 0 Å². The van der Waals surface area contributed by atoms with Gasteiger partial charge >= 0.3 is 11.7 Å². The zero-order valence-electron chi connectivity index (χ0n) is 10.4. The smallest absolute Gasteiger partial charge is 0.393 e. The van der Waals surface area contributed by atoms with Crippen molar-refractivity contribution in [3.05, 3.63) is 46.0 Å². The summed E-state index contributed by atoms with van der Waals surface area (Å²) in [5, 5.41) is 15.9. The number of anilines is 1. The van der Waals surface area contributed by atoms with Crippen LogP contribution in [0, 0.1) is 10.1 Å². The van der Waals surface area contributed by atoms with Gasteiger partial charge < -0.3 is 20.2 Å². The Labute approximate surface area is 117 Å². The molecule has 1 aromatic carbocycles. The SMILES string of the molecule is CNc1ccc(Oc2nc3sccn3c2[N+](=O)[O-])cc1. The van der Waals surface area contributed by atoms with Crippen molar-refractivity contribution in [2.24, 2.45) is 0 Å². The second kappa shape index (κ2) is 4.82. The van der Waals surface area contributed by atoms with Gasteiger partial charge in [0.1, 0.15) is 11.9 Å². The van der Waals surface area contributed by atoms with Gasteiger partial charge in [-0.1, -0.05) is 11.3 Å². The first-order chi connectivity index (χ1) is 9.69. The van der Waals surface area contributed by atoms with Gasteiger partial charge in [0.25, 0.3) is 4.96 Å². The number of thiazole rings is 1. The minimum Gasteiger partial charge on any atom is -0.433 e. The third kappa shape index (κ3) is 2.05. The molecule has 0 aliphatic heterocycles. The van der Waals surface area contributed by atoms with Crippen LogP contribution in [-0.2, 0) is 0 Å². The fourth-order valence-electron chi connectivity index (χ4n) is 1.79. The van der Waals surface area contributed by atoms with E-state index in [9.17, 15) is 10.1 Å². The third-order valence-corrected chi connectivity index (χ3v) is 3.49. The Hall–Kier alpha value is -2.61. The lowest BCUT2D eigenvalue weighted by molar-refractivity contribution is -0.391. The number of hydrogen-bond donors (Lipinski definition) is 1. The first kappa shape index (κ1) is 12.4. The molecule has 0 bridgehead atoms. The van der Waals surface area contributed by atoms with Crippen LogP contribution in [-0.4, -0.2) is 21.4 Å². The van der Waals surface area contributed by atoms with E-state index >= 15 is 0 Å². The van der Waals surface area contributed by atoms with Gasteiger partial charge in [-0.2, -0.15) is 9.38 Å². The number of nitrogens with one attached hydrogen (secondary N) is 1. The van der Waals surface area contributed by atoms with Crippen molar-refractivity contribution in [2.45, 2.75) is 0 Å². The summed E-state index contributed by atoms with van der Waals surface area (Å²) >= 11 is 1.31. The zero-order chi connectivity index (χ0) is 14.1. The topological polar surface area (TPSA) is 81.7 Å². The van der Waals surface area contributed by atoms with Gasteiger partial charge in [-0.15, -0.1) is 0 Å². The molecular formula is C12H10N4O3S. The molecule has 0 fully saturated rings. The van der Waals surface area contributed by atoms with Crippen molar-refractivity contribution in [3.63, 3.8) is 0 Å². The molecule has 0 spiro atoms. The Bertz CT molecular complexity index is 763. The van der Waals surface area contributed by atoms with Crippen LogP contribution in [0.25, 0.3) is 4.96 Å². The number of imidazole rings is 1. The predicted molar refractivity (Wildman–Crippen MR) is 75.8 cm³/mol. The monoisotopic (exact) mass is 290 g/mol. The fraction of sp³-hybridized carbons (Fsp3) is 0.0833. The second-order valence-electron chi connectivity index (χ2n) is 3.93. The van der Waals surface area contributed by atoms with E-state index in [0.29, 0.717) is 10.7 Å². The van der Waals surface area contributed by atoms with E-state index in [1.807, 2.05) is 19.2 Å². The Morgan fingerprint density at radius 3 is 2.80 bits per heavy atom. The molecule has 0 atom stereocenters. The summed E-state index contributed by atoms with van der Waals surface area (Å²) in [6.45, 7) is 0. The molecule has 2 heterocycles. The van der Waals surface area contributed by atoms with Crippen molar-refractivity contribution >= 4 is 27.8 Å². The number of nitro groups is 1. The molecule has 102 valence electrons. The van der Waals surface area contributed by atoms with Crippen LogP contribution in [0.4, 0.5) is 11.5 Å². The number of rotatable bonds is 4. The summed E-state index contributed by atoms with van der Waals surface area (Å²) in [5.41, 5.74) is 0.928. The van der Waals surface area contributed by atoms with Gasteiger partial charge in [0, 0.05) is 18.1 Å². The summed E-state index contributed by atoms with van der Waals surface area (Å²) < 4.78 is 6.92. The van der Waals surface area contributed by atoms with E-state index in [0.717, 1.165) is 5.69 Å². The molecule has 7 nitrogen and oxygen atoms in total. The van der Waals surface area contributed by atoms with Gasteiger partial charge in [-0.25, -0.2) is 0 Å². The summed E-state index contributed by atoms with van der Waals surface area (Å²) in [5.74, 6) is 0.329. The van der Waals surface area contributed by atoms with Crippen LogP contribution < -0.4 is 10.1 Å². The Kier molecular flexibility index (Phi) is 2.99. The molecule has 2 aromatic heterocycles. The summed E-state index contributed by atoms with van der Waals surface area (Å²) in [4.78, 5) is 15.3. The number of ether oxygens (including phenoxy) is 1. The highest BCUT2D eigenvalue weighted by Crippen LogP contribution is 2.33. The minimum atomic E-state index is -0.496. The van der Waals surface area contributed by atoms with Crippen LogP contribution in [0.5, 0.6) is 11.6 Å². The van der Waals surface area contributed by atoms with Crippen LogP contribution in [0.3, 0.4) is 0 Å². The zero-order valence-corrected chi connectivity index (χ0v) is 11.3. The number of benzene rings is 1. The van der Waals surface area contributed by atoms with E-state index in [1.165, 1.54) is 15.7 Å². The lowest BCUT2D eigenvalue weighted by Crippen LogP contribution is -1.95. The van der Waals surface area contributed by atoms with E-state index < -0.39 is 4.92 Å². The number of aromatic nitrogens is 2. The van der Waals surface area contributed by atoms with Crippen LogP contribution in [0.2, 0.25) is 0 Å². The highest BCUT2D eigenvalue weighted by molar-refractivity contribution is 7.15. The van der Waals surface area contributed by atoms with Gasteiger partial charge in [0.15, 0.2) is 0 Å². The van der Waals surface area contributed by atoms with Gasteiger partial charge in [-0.05, 0) is 29.2 Å². The van der Waals surface area contributed by atoms with Crippen molar-refractivity contribution in [2.75, 3.05) is 12.4 Å². The first-order valence-corrected chi connectivity index (χ1v) is 6.62. The highest BCUT2D eigenvalue weighted by Gasteiger charge is 2.25. The molecule has 0 radical (unpaired) electrons. The second-order valence-corrected chi connectivity index (χ2v) is 4.80. The molecule has 3 aromatic rings. The summed E-state index contributed by atoms with van der Waals surface area (Å²) in [6, 6.07) is 7.09. The van der Waals surface area contributed by atoms with Gasteiger partial charge in [0.2, 0.25) is 0 Å². The van der Waals surface area contributed by atoms with Crippen molar-refractivity contribution in [1.82, 2.24) is 9.38 Å². The van der Waals surface area contributed by atoms with Crippen molar-refractivity contribution in [3.8, 4) is 11.6 Å². The minimum absolute atomic E-state index is 0.000873. The van der Waals surface area contributed by atoms with Crippen LogP contribution in [0.15, 0.2) is 35.8 Å². The maximum Gasteiger partial charge on any atom is 0.393 e. The van der Waals surface area contributed by atoms with E-state index in [2.05, 4.69) is 10.3 Å².